The summed E-state index contributed by atoms with van der Waals surface area (Å²) in [6, 6.07) is 18.8. The van der Waals surface area contributed by atoms with Crippen molar-refractivity contribution >= 4 is 34.6 Å². The summed E-state index contributed by atoms with van der Waals surface area (Å²) in [4.78, 5) is 20.0. The average Bonchev–Trinajstić information content (AvgIpc) is 3.47. The molecule has 0 aliphatic carbocycles. The van der Waals surface area contributed by atoms with Gasteiger partial charge in [0.2, 0.25) is 6.79 Å². The van der Waals surface area contributed by atoms with Gasteiger partial charge in [-0.3, -0.25) is 9.69 Å². The van der Waals surface area contributed by atoms with Crippen molar-refractivity contribution in [2.24, 2.45) is 4.99 Å². The zero-order chi connectivity index (χ0) is 19.6. The lowest BCUT2D eigenvalue weighted by Crippen LogP contribution is -2.28. The van der Waals surface area contributed by atoms with Gasteiger partial charge in [-0.05, 0) is 59.8 Å². The lowest BCUT2D eigenvalue weighted by molar-refractivity contribution is -0.122. The van der Waals surface area contributed by atoms with Crippen LogP contribution in [0.5, 0.6) is 11.5 Å². The molecule has 0 radical (unpaired) electrons. The lowest BCUT2D eigenvalue weighted by atomic mass is 10.2. The number of thioether (sulfide) groups is 1. The molecule has 2 aromatic carbocycles. The molecule has 0 bridgehead atoms. The highest BCUT2D eigenvalue weighted by molar-refractivity contribution is 8.18. The van der Waals surface area contributed by atoms with Gasteiger partial charge in [0, 0.05) is 0 Å². The molecule has 1 aromatic heterocycles. The summed E-state index contributed by atoms with van der Waals surface area (Å²) < 4.78 is 16.2. The molecule has 0 unspecified atom stereocenters. The lowest BCUT2D eigenvalue weighted by Gasteiger charge is -2.13. The second-order valence-electron chi connectivity index (χ2n) is 6.42. The molecule has 6 nitrogen and oxygen atoms in total. The minimum atomic E-state index is -0.112. The van der Waals surface area contributed by atoms with Gasteiger partial charge in [0.15, 0.2) is 16.7 Å². The van der Waals surface area contributed by atoms with E-state index in [2.05, 4.69) is 4.99 Å². The molecule has 1 amide bonds. The molecular formula is C22H16N2O4S. The van der Waals surface area contributed by atoms with E-state index in [-0.39, 0.29) is 12.7 Å². The van der Waals surface area contributed by atoms with Gasteiger partial charge in [-0.15, -0.1) is 0 Å². The summed E-state index contributed by atoms with van der Waals surface area (Å²) in [6.45, 7) is 0.539. The van der Waals surface area contributed by atoms with Crippen molar-refractivity contribution in [2.45, 2.75) is 6.54 Å². The van der Waals surface area contributed by atoms with E-state index < -0.39 is 0 Å². The standard InChI is InChI=1S/C22H16N2O4S/c25-21-20(12-15-8-9-18-19(11-15)28-14-27-18)29-22(23-16-5-2-1-3-6-16)24(21)13-17-7-4-10-26-17/h1-12H,13-14H2/b20-12-,23-22?. The molecule has 1 fully saturated rings. The van der Waals surface area contributed by atoms with Crippen LogP contribution < -0.4 is 9.47 Å². The first-order valence-electron chi connectivity index (χ1n) is 9.03. The molecule has 0 saturated carbocycles. The van der Waals surface area contributed by atoms with Gasteiger partial charge in [0.25, 0.3) is 5.91 Å². The minimum absolute atomic E-state index is 0.112. The number of hydrogen-bond acceptors (Lipinski definition) is 6. The van der Waals surface area contributed by atoms with Crippen molar-refractivity contribution in [3.63, 3.8) is 0 Å². The zero-order valence-electron chi connectivity index (χ0n) is 15.3. The Morgan fingerprint density at radius 1 is 1.03 bits per heavy atom. The number of aliphatic imine (C=N–C) groups is 1. The van der Waals surface area contributed by atoms with Crippen LogP contribution in [-0.2, 0) is 11.3 Å². The molecule has 5 rings (SSSR count). The predicted molar refractivity (Wildman–Crippen MR) is 111 cm³/mol. The quantitative estimate of drug-likeness (QED) is 0.584. The minimum Gasteiger partial charge on any atom is -0.467 e. The Balaban J connectivity index is 1.49. The molecule has 2 aliphatic heterocycles. The van der Waals surface area contributed by atoms with Crippen LogP contribution in [-0.4, -0.2) is 22.8 Å². The van der Waals surface area contributed by atoms with Crippen molar-refractivity contribution in [1.29, 1.82) is 0 Å². The first kappa shape index (κ1) is 17.6. The second-order valence-corrected chi connectivity index (χ2v) is 7.43. The number of carbonyl (C=O) groups excluding carboxylic acids is 1. The Morgan fingerprint density at radius 3 is 2.72 bits per heavy atom. The molecular weight excluding hydrogens is 388 g/mol. The first-order valence-corrected chi connectivity index (χ1v) is 9.85. The predicted octanol–water partition coefficient (Wildman–Crippen LogP) is 4.81. The third-order valence-corrected chi connectivity index (χ3v) is 5.46. The summed E-state index contributed by atoms with van der Waals surface area (Å²) in [5.74, 6) is 1.98. The number of nitrogens with zero attached hydrogens (tertiary/aromatic N) is 2. The fraction of sp³-hybridized carbons (Fsp3) is 0.0909. The molecule has 29 heavy (non-hydrogen) atoms. The SMILES string of the molecule is O=C1/C(=C/c2ccc3c(c2)OCO3)SC(=Nc2ccccc2)N1Cc1ccco1. The third kappa shape index (κ3) is 3.64. The Morgan fingerprint density at radius 2 is 1.90 bits per heavy atom. The summed E-state index contributed by atoms with van der Waals surface area (Å²) in [5, 5.41) is 0.615. The van der Waals surface area contributed by atoms with E-state index in [0.29, 0.717) is 33.9 Å². The van der Waals surface area contributed by atoms with Gasteiger partial charge in [-0.25, -0.2) is 4.99 Å². The first-order chi connectivity index (χ1) is 14.3. The molecule has 7 heteroatoms. The Labute approximate surface area is 171 Å². The molecule has 3 heterocycles. The van der Waals surface area contributed by atoms with Crippen LogP contribution in [0, 0.1) is 0 Å². The average molecular weight is 404 g/mol. The number of para-hydroxylation sites is 1. The van der Waals surface area contributed by atoms with Crippen LogP contribution >= 0.6 is 11.8 Å². The number of rotatable bonds is 4. The normalized spacial score (nSPS) is 18.2. The fourth-order valence-corrected chi connectivity index (χ4v) is 4.05. The molecule has 1 saturated heterocycles. The van der Waals surface area contributed by atoms with E-state index in [9.17, 15) is 4.79 Å². The van der Waals surface area contributed by atoms with Crippen molar-refractivity contribution in [2.75, 3.05) is 6.79 Å². The van der Waals surface area contributed by atoms with Crippen LogP contribution in [0.3, 0.4) is 0 Å². The molecule has 0 atom stereocenters. The van der Waals surface area contributed by atoms with Gasteiger partial charge in [0.05, 0.1) is 23.4 Å². The third-order valence-electron chi connectivity index (χ3n) is 4.46. The van der Waals surface area contributed by atoms with E-state index in [1.54, 1.807) is 17.2 Å². The van der Waals surface area contributed by atoms with Gasteiger partial charge in [-0.2, -0.15) is 0 Å². The number of hydrogen-bond donors (Lipinski definition) is 0. The topological polar surface area (TPSA) is 64.3 Å². The summed E-state index contributed by atoms with van der Waals surface area (Å²) in [7, 11) is 0. The zero-order valence-corrected chi connectivity index (χ0v) is 16.1. The number of carbonyl (C=O) groups is 1. The van der Waals surface area contributed by atoms with Crippen LogP contribution in [0.1, 0.15) is 11.3 Å². The summed E-state index contributed by atoms with van der Waals surface area (Å²) in [6.07, 6.45) is 3.44. The highest BCUT2D eigenvalue weighted by Gasteiger charge is 2.34. The summed E-state index contributed by atoms with van der Waals surface area (Å²) in [5.41, 5.74) is 1.65. The van der Waals surface area contributed by atoms with E-state index in [1.807, 2.05) is 60.7 Å². The van der Waals surface area contributed by atoms with E-state index in [4.69, 9.17) is 13.9 Å². The number of furan rings is 1. The Hall–Kier alpha value is -3.45. The summed E-state index contributed by atoms with van der Waals surface area (Å²) >= 11 is 1.35. The van der Waals surface area contributed by atoms with Gasteiger partial charge >= 0.3 is 0 Å². The Kier molecular flexibility index (Phi) is 4.57. The van der Waals surface area contributed by atoms with Crippen LogP contribution in [0.4, 0.5) is 5.69 Å². The smallest absolute Gasteiger partial charge is 0.267 e. The highest BCUT2D eigenvalue weighted by atomic mass is 32.2. The molecule has 2 aliphatic rings. The molecule has 0 spiro atoms. The maximum Gasteiger partial charge on any atom is 0.267 e. The van der Waals surface area contributed by atoms with Gasteiger partial charge in [-0.1, -0.05) is 24.3 Å². The van der Waals surface area contributed by atoms with Gasteiger partial charge < -0.3 is 13.9 Å². The number of benzene rings is 2. The van der Waals surface area contributed by atoms with Crippen LogP contribution in [0.25, 0.3) is 6.08 Å². The highest BCUT2D eigenvalue weighted by Crippen LogP contribution is 2.37. The largest absolute Gasteiger partial charge is 0.467 e. The van der Waals surface area contributed by atoms with Crippen LogP contribution in [0.15, 0.2) is 81.2 Å². The van der Waals surface area contributed by atoms with Crippen molar-refractivity contribution in [1.82, 2.24) is 4.90 Å². The van der Waals surface area contributed by atoms with E-state index in [0.717, 1.165) is 11.3 Å². The monoisotopic (exact) mass is 404 g/mol. The maximum atomic E-state index is 13.1. The molecule has 0 N–H and O–H groups in total. The maximum absolute atomic E-state index is 13.1. The molecule has 3 aromatic rings. The fourth-order valence-electron chi connectivity index (χ4n) is 3.06. The van der Waals surface area contributed by atoms with Crippen molar-refractivity contribution in [3.8, 4) is 11.5 Å². The number of amidine groups is 1. The molecule has 144 valence electrons. The van der Waals surface area contributed by atoms with Crippen molar-refractivity contribution < 1.29 is 18.7 Å². The Bertz CT molecular complexity index is 1110. The van der Waals surface area contributed by atoms with Crippen LogP contribution in [0.2, 0.25) is 0 Å². The second kappa shape index (κ2) is 7.52. The van der Waals surface area contributed by atoms with Gasteiger partial charge in [0.1, 0.15) is 5.76 Å². The van der Waals surface area contributed by atoms with Crippen molar-refractivity contribution in [3.05, 3.63) is 83.2 Å². The number of amides is 1. The van der Waals surface area contributed by atoms with E-state index in [1.165, 1.54) is 11.8 Å². The number of ether oxygens (including phenoxy) is 2. The van der Waals surface area contributed by atoms with E-state index >= 15 is 0 Å². The number of fused-ring (bicyclic) bond motifs is 1.